The third-order valence-electron chi connectivity index (χ3n) is 4.11. The van der Waals surface area contributed by atoms with Gasteiger partial charge in [0, 0.05) is 13.7 Å². The Morgan fingerprint density at radius 1 is 1.31 bits per heavy atom. The molecule has 0 spiro atoms. The summed E-state index contributed by atoms with van der Waals surface area (Å²) in [6.45, 7) is 3.04. The SMILES string of the molecule is COCCN[C@H](C)c1nc2ccccc2c(=O)n1-c1ccc(F)c(Cl)c1. The highest BCUT2D eigenvalue weighted by molar-refractivity contribution is 6.30. The lowest BCUT2D eigenvalue weighted by molar-refractivity contribution is 0.196. The van der Waals surface area contributed by atoms with Crippen molar-refractivity contribution in [1.29, 1.82) is 0 Å². The number of fused-ring (bicyclic) bond motifs is 1. The molecule has 7 heteroatoms. The molecule has 1 atom stereocenters. The van der Waals surface area contributed by atoms with E-state index in [2.05, 4.69) is 10.3 Å². The summed E-state index contributed by atoms with van der Waals surface area (Å²) < 4.78 is 20.1. The maximum Gasteiger partial charge on any atom is 0.266 e. The lowest BCUT2D eigenvalue weighted by atomic mass is 10.2. The number of para-hydroxylation sites is 1. The van der Waals surface area contributed by atoms with Crippen molar-refractivity contribution in [3.05, 3.63) is 69.5 Å². The number of nitrogens with one attached hydrogen (secondary N) is 1. The Morgan fingerprint density at radius 2 is 2.08 bits per heavy atom. The molecule has 3 aromatic rings. The van der Waals surface area contributed by atoms with Gasteiger partial charge in [-0.2, -0.15) is 0 Å². The fourth-order valence-corrected chi connectivity index (χ4v) is 2.96. The van der Waals surface area contributed by atoms with Crippen molar-refractivity contribution in [2.45, 2.75) is 13.0 Å². The highest BCUT2D eigenvalue weighted by Crippen LogP contribution is 2.22. The van der Waals surface area contributed by atoms with Gasteiger partial charge in [-0.15, -0.1) is 0 Å². The Labute approximate surface area is 155 Å². The minimum absolute atomic E-state index is 0.0477. The van der Waals surface area contributed by atoms with E-state index in [0.29, 0.717) is 35.6 Å². The Hall–Kier alpha value is -2.28. The van der Waals surface area contributed by atoms with Crippen LogP contribution in [0.1, 0.15) is 18.8 Å². The van der Waals surface area contributed by atoms with E-state index in [9.17, 15) is 9.18 Å². The second-order valence-corrected chi connectivity index (χ2v) is 6.30. The number of hydrogen-bond acceptors (Lipinski definition) is 4. The van der Waals surface area contributed by atoms with Crippen molar-refractivity contribution < 1.29 is 9.13 Å². The fraction of sp³-hybridized carbons (Fsp3) is 0.263. The van der Waals surface area contributed by atoms with Crippen molar-refractivity contribution in [3.63, 3.8) is 0 Å². The largest absolute Gasteiger partial charge is 0.383 e. The smallest absolute Gasteiger partial charge is 0.266 e. The average molecular weight is 376 g/mol. The molecule has 136 valence electrons. The van der Waals surface area contributed by atoms with Gasteiger partial charge in [-0.05, 0) is 37.3 Å². The van der Waals surface area contributed by atoms with Gasteiger partial charge in [0.25, 0.3) is 5.56 Å². The van der Waals surface area contributed by atoms with Crippen LogP contribution in [0.4, 0.5) is 4.39 Å². The normalized spacial score (nSPS) is 12.5. The molecule has 1 heterocycles. The number of benzene rings is 2. The Kier molecular flexibility index (Phi) is 5.66. The van der Waals surface area contributed by atoms with Crippen molar-refractivity contribution in [2.75, 3.05) is 20.3 Å². The fourth-order valence-electron chi connectivity index (χ4n) is 2.78. The molecule has 26 heavy (non-hydrogen) atoms. The van der Waals surface area contributed by atoms with Gasteiger partial charge >= 0.3 is 0 Å². The summed E-state index contributed by atoms with van der Waals surface area (Å²) in [4.78, 5) is 17.8. The Bertz CT molecular complexity index is 990. The van der Waals surface area contributed by atoms with Gasteiger partial charge < -0.3 is 10.1 Å². The number of hydrogen-bond donors (Lipinski definition) is 1. The zero-order valence-electron chi connectivity index (χ0n) is 14.5. The summed E-state index contributed by atoms with van der Waals surface area (Å²) in [7, 11) is 1.62. The number of ether oxygens (including phenoxy) is 1. The lowest BCUT2D eigenvalue weighted by Crippen LogP contribution is -2.31. The molecule has 0 fully saturated rings. The summed E-state index contributed by atoms with van der Waals surface area (Å²) in [6.07, 6.45) is 0. The molecular formula is C19H19ClFN3O2. The zero-order valence-corrected chi connectivity index (χ0v) is 15.3. The molecule has 0 bridgehead atoms. The minimum atomic E-state index is -0.537. The average Bonchev–Trinajstić information content (AvgIpc) is 2.64. The van der Waals surface area contributed by atoms with Crippen LogP contribution in [0.25, 0.3) is 16.6 Å². The summed E-state index contributed by atoms with van der Waals surface area (Å²) in [5, 5.41) is 3.71. The van der Waals surface area contributed by atoms with Crippen molar-refractivity contribution in [1.82, 2.24) is 14.9 Å². The lowest BCUT2D eigenvalue weighted by Gasteiger charge is -2.19. The first kappa shape index (κ1) is 18.5. The summed E-state index contributed by atoms with van der Waals surface area (Å²) in [5.41, 5.74) is 0.848. The van der Waals surface area contributed by atoms with Crippen LogP contribution in [-0.4, -0.2) is 29.8 Å². The van der Waals surface area contributed by atoms with Crippen LogP contribution in [0.15, 0.2) is 47.3 Å². The third-order valence-corrected chi connectivity index (χ3v) is 4.40. The van der Waals surface area contributed by atoms with E-state index in [1.54, 1.807) is 25.3 Å². The van der Waals surface area contributed by atoms with Crippen LogP contribution in [0, 0.1) is 5.82 Å². The van der Waals surface area contributed by atoms with Gasteiger partial charge in [0.2, 0.25) is 0 Å². The second-order valence-electron chi connectivity index (χ2n) is 5.89. The number of nitrogens with zero attached hydrogens (tertiary/aromatic N) is 2. The molecule has 0 radical (unpaired) electrons. The first-order valence-electron chi connectivity index (χ1n) is 8.22. The maximum atomic E-state index is 13.6. The third kappa shape index (κ3) is 3.62. The van der Waals surface area contributed by atoms with Crippen molar-refractivity contribution >= 4 is 22.5 Å². The van der Waals surface area contributed by atoms with Crippen molar-refractivity contribution in [2.24, 2.45) is 0 Å². The number of methoxy groups -OCH3 is 1. The summed E-state index contributed by atoms with van der Waals surface area (Å²) >= 11 is 5.93. The van der Waals surface area contributed by atoms with Crippen LogP contribution < -0.4 is 10.9 Å². The predicted molar refractivity (Wildman–Crippen MR) is 101 cm³/mol. The van der Waals surface area contributed by atoms with Gasteiger partial charge in [-0.3, -0.25) is 9.36 Å². The summed E-state index contributed by atoms with van der Waals surface area (Å²) in [5.74, 6) is -0.0162. The minimum Gasteiger partial charge on any atom is -0.383 e. The van der Waals surface area contributed by atoms with E-state index in [1.807, 2.05) is 13.0 Å². The molecule has 0 aliphatic rings. The first-order valence-corrected chi connectivity index (χ1v) is 8.60. The van der Waals surface area contributed by atoms with Gasteiger partial charge in [-0.25, -0.2) is 9.37 Å². The molecule has 0 aliphatic carbocycles. The maximum absolute atomic E-state index is 13.6. The van der Waals surface area contributed by atoms with Crippen LogP contribution in [-0.2, 0) is 4.74 Å². The number of rotatable bonds is 6. The molecule has 0 saturated heterocycles. The van der Waals surface area contributed by atoms with Crippen molar-refractivity contribution in [3.8, 4) is 5.69 Å². The standard InChI is InChI=1S/C19H19ClFN3O2/c1-12(22-9-10-26-2)18-23-17-6-4-3-5-14(17)19(25)24(18)13-7-8-16(21)15(20)11-13/h3-8,11-12,22H,9-10H2,1-2H3/t12-/m1/s1. The van der Waals surface area contributed by atoms with E-state index in [0.717, 1.165) is 0 Å². The molecular weight excluding hydrogens is 357 g/mol. The van der Waals surface area contributed by atoms with E-state index in [-0.39, 0.29) is 16.6 Å². The Morgan fingerprint density at radius 3 is 2.81 bits per heavy atom. The monoisotopic (exact) mass is 375 g/mol. The van der Waals surface area contributed by atoms with Gasteiger partial charge in [0.15, 0.2) is 0 Å². The predicted octanol–water partition coefficient (Wildman–Crippen LogP) is 3.48. The van der Waals surface area contributed by atoms with Crippen LogP contribution in [0.5, 0.6) is 0 Å². The van der Waals surface area contributed by atoms with Crippen LogP contribution in [0.3, 0.4) is 0 Å². The number of halogens is 2. The zero-order chi connectivity index (χ0) is 18.7. The molecule has 1 N–H and O–H groups in total. The van der Waals surface area contributed by atoms with E-state index >= 15 is 0 Å². The van der Waals surface area contributed by atoms with Gasteiger partial charge in [0.1, 0.15) is 11.6 Å². The molecule has 0 aliphatic heterocycles. The summed E-state index contributed by atoms with van der Waals surface area (Å²) in [6, 6.07) is 11.1. The molecule has 0 unspecified atom stereocenters. The number of aromatic nitrogens is 2. The topological polar surface area (TPSA) is 56.1 Å². The molecule has 0 amide bonds. The molecule has 1 aromatic heterocycles. The first-order chi connectivity index (χ1) is 12.5. The molecule has 0 saturated carbocycles. The highest BCUT2D eigenvalue weighted by atomic mass is 35.5. The van der Waals surface area contributed by atoms with E-state index < -0.39 is 5.82 Å². The van der Waals surface area contributed by atoms with Crippen LogP contribution >= 0.6 is 11.6 Å². The van der Waals surface area contributed by atoms with E-state index in [1.165, 1.54) is 22.8 Å². The highest BCUT2D eigenvalue weighted by Gasteiger charge is 2.18. The Balaban J connectivity index is 2.20. The second kappa shape index (κ2) is 7.95. The molecule has 3 rings (SSSR count). The van der Waals surface area contributed by atoms with E-state index in [4.69, 9.17) is 16.3 Å². The molecule has 5 nitrogen and oxygen atoms in total. The quantitative estimate of drug-likeness (QED) is 0.670. The molecule has 2 aromatic carbocycles. The van der Waals surface area contributed by atoms with Gasteiger partial charge in [0.05, 0.1) is 34.3 Å². The van der Waals surface area contributed by atoms with Crippen LogP contribution in [0.2, 0.25) is 5.02 Å². The van der Waals surface area contributed by atoms with Gasteiger partial charge in [-0.1, -0.05) is 23.7 Å².